The molecule has 0 saturated heterocycles. The smallest absolute Gasteiger partial charge is 0.171 e. The second-order valence-electron chi connectivity index (χ2n) is 5.99. The average molecular weight is 322 g/mol. The molecular formula is C17H26N2O2S. The van der Waals surface area contributed by atoms with E-state index in [-0.39, 0.29) is 0 Å². The Morgan fingerprint density at radius 3 is 2.41 bits per heavy atom. The molecule has 1 aliphatic carbocycles. The van der Waals surface area contributed by atoms with Crippen molar-refractivity contribution in [3.63, 3.8) is 0 Å². The Balaban J connectivity index is 2.04. The van der Waals surface area contributed by atoms with Gasteiger partial charge in [-0.1, -0.05) is 19.8 Å². The average Bonchev–Trinajstić information content (AvgIpc) is 2.51. The molecule has 1 saturated carbocycles. The summed E-state index contributed by atoms with van der Waals surface area (Å²) in [5.74, 6) is 2.09. The summed E-state index contributed by atoms with van der Waals surface area (Å²) in [5.41, 5.74) is 2.01. The predicted molar refractivity (Wildman–Crippen MR) is 95.1 cm³/mol. The molecule has 1 aromatic rings. The van der Waals surface area contributed by atoms with Crippen LogP contribution in [0.5, 0.6) is 11.5 Å². The number of hydrogen-bond donors (Lipinski definition) is 2. The van der Waals surface area contributed by atoms with Gasteiger partial charge in [-0.2, -0.15) is 0 Å². The molecule has 0 unspecified atom stereocenters. The summed E-state index contributed by atoms with van der Waals surface area (Å²) in [4.78, 5) is 0. The topological polar surface area (TPSA) is 42.5 Å². The van der Waals surface area contributed by atoms with Crippen LogP contribution in [0.3, 0.4) is 0 Å². The lowest BCUT2D eigenvalue weighted by molar-refractivity contribution is 0.309. The highest BCUT2D eigenvalue weighted by Crippen LogP contribution is 2.33. The number of anilines is 1. The third-order valence-electron chi connectivity index (χ3n) is 4.41. The maximum absolute atomic E-state index is 5.48. The highest BCUT2D eigenvalue weighted by molar-refractivity contribution is 7.80. The molecule has 0 heterocycles. The summed E-state index contributed by atoms with van der Waals surface area (Å²) in [6.45, 7) is 4.32. The number of aryl methyl sites for hydroxylation is 1. The number of methoxy groups -OCH3 is 2. The van der Waals surface area contributed by atoms with Crippen molar-refractivity contribution in [3.05, 3.63) is 17.7 Å². The van der Waals surface area contributed by atoms with Crippen LogP contribution >= 0.6 is 12.2 Å². The van der Waals surface area contributed by atoms with E-state index in [1.807, 2.05) is 19.1 Å². The fourth-order valence-electron chi connectivity index (χ4n) is 2.97. The van der Waals surface area contributed by atoms with Crippen molar-refractivity contribution in [2.45, 2.75) is 45.6 Å². The first kappa shape index (κ1) is 16.9. The van der Waals surface area contributed by atoms with Gasteiger partial charge in [-0.05, 0) is 49.5 Å². The maximum Gasteiger partial charge on any atom is 0.171 e. The molecule has 2 atom stereocenters. The lowest BCUT2D eigenvalue weighted by Crippen LogP contribution is -2.43. The molecule has 0 radical (unpaired) electrons. The van der Waals surface area contributed by atoms with E-state index in [9.17, 15) is 0 Å². The number of ether oxygens (including phenoxy) is 2. The van der Waals surface area contributed by atoms with Gasteiger partial charge in [0.1, 0.15) is 0 Å². The van der Waals surface area contributed by atoms with Gasteiger partial charge in [0.2, 0.25) is 0 Å². The van der Waals surface area contributed by atoms with Crippen molar-refractivity contribution in [3.8, 4) is 11.5 Å². The molecule has 0 aliphatic heterocycles. The van der Waals surface area contributed by atoms with E-state index < -0.39 is 0 Å². The Bertz CT molecular complexity index is 534. The second kappa shape index (κ2) is 7.68. The molecule has 5 heteroatoms. The summed E-state index contributed by atoms with van der Waals surface area (Å²) in [6, 6.07) is 4.34. The first-order valence-corrected chi connectivity index (χ1v) is 8.26. The Morgan fingerprint density at radius 1 is 1.14 bits per heavy atom. The van der Waals surface area contributed by atoms with Crippen LogP contribution in [-0.4, -0.2) is 25.4 Å². The van der Waals surface area contributed by atoms with Gasteiger partial charge in [-0.3, -0.25) is 0 Å². The van der Waals surface area contributed by atoms with E-state index in [4.69, 9.17) is 21.7 Å². The number of rotatable bonds is 4. The number of nitrogens with one attached hydrogen (secondary N) is 2. The fourth-order valence-corrected chi connectivity index (χ4v) is 3.23. The van der Waals surface area contributed by atoms with Gasteiger partial charge in [-0.25, -0.2) is 0 Å². The van der Waals surface area contributed by atoms with Gasteiger partial charge in [0, 0.05) is 17.8 Å². The minimum absolute atomic E-state index is 0.467. The lowest BCUT2D eigenvalue weighted by Gasteiger charge is -2.30. The molecule has 2 N–H and O–H groups in total. The van der Waals surface area contributed by atoms with Crippen molar-refractivity contribution < 1.29 is 9.47 Å². The SMILES string of the molecule is COc1cc(C)c(NC(=S)N[C@H]2CCCC[C@@H]2C)cc1OC. The molecular weight excluding hydrogens is 296 g/mol. The van der Waals surface area contributed by atoms with Crippen LogP contribution in [0.2, 0.25) is 0 Å². The zero-order chi connectivity index (χ0) is 16.1. The molecule has 4 nitrogen and oxygen atoms in total. The lowest BCUT2D eigenvalue weighted by atomic mass is 9.86. The van der Waals surface area contributed by atoms with Gasteiger partial charge in [0.25, 0.3) is 0 Å². The third kappa shape index (κ3) is 4.03. The quantitative estimate of drug-likeness (QED) is 0.824. The molecule has 0 aromatic heterocycles. The molecule has 2 rings (SSSR count). The normalized spacial score (nSPS) is 21.1. The van der Waals surface area contributed by atoms with E-state index in [0.717, 1.165) is 17.0 Å². The van der Waals surface area contributed by atoms with Crippen LogP contribution in [0, 0.1) is 12.8 Å². The minimum atomic E-state index is 0.467. The van der Waals surface area contributed by atoms with Crippen LogP contribution < -0.4 is 20.1 Å². The van der Waals surface area contributed by atoms with Gasteiger partial charge < -0.3 is 20.1 Å². The molecule has 0 spiro atoms. The molecule has 0 amide bonds. The molecule has 22 heavy (non-hydrogen) atoms. The molecule has 1 aromatic carbocycles. The van der Waals surface area contributed by atoms with Crippen LogP contribution in [-0.2, 0) is 0 Å². The van der Waals surface area contributed by atoms with Crippen LogP contribution in [0.15, 0.2) is 12.1 Å². The molecule has 1 aliphatic rings. The largest absolute Gasteiger partial charge is 0.493 e. The maximum atomic E-state index is 5.48. The van der Waals surface area contributed by atoms with Crippen LogP contribution in [0.1, 0.15) is 38.2 Å². The number of thiocarbonyl (C=S) groups is 1. The van der Waals surface area contributed by atoms with Crippen molar-refractivity contribution in [2.24, 2.45) is 5.92 Å². The van der Waals surface area contributed by atoms with E-state index in [1.165, 1.54) is 25.7 Å². The summed E-state index contributed by atoms with van der Waals surface area (Å²) in [7, 11) is 3.28. The first-order chi connectivity index (χ1) is 10.5. The highest BCUT2D eigenvalue weighted by Gasteiger charge is 2.22. The number of hydrogen-bond acceptors (Lipinski definition) is 3. The second-order valence-corrected chi connectivity index (χ2v) is 6.40. The fraction of sp³-hybridized carbons (Fsp3) is 0.588. The van der Waals surface area contributed by atoms with Crippen molar-refractivity contribution in [1.82, 2.24) is 5.32 Å². The van der Waals surface area contributed by atoms with Crippen molar-refractivity contribution in [1.29, 1.82) is 0 Å². The van der Waals surface area contributed by atoms with Crippen LogP contribution in [0.25, 0.3) is 0 Å². The van der Waals surface area contributed by atoms with Crippen molar-refractivity contribution >= 4 is 23.0 Å². The minimum Gasteiger partial charge on any atom is -0.493 e. The van der Waals surface area contributed by atoms with Gasteiger partial charge in [-0.15, -0.1) is 0 Å². The van der Waals surface area contributed by atoms with Gasteiger partial charge in [0.15, 0.2) is 16.6 Å². The zero-order valence-corrected chi connectivity index (χ0v) is 14.7. The standard InChI is InChI=1S/C17H26N2O2S/c1-11-7-5-6-8-13(11)18-17(22)19-14-10-16(21-4)15(20-3)9-12(14)2/h9-11,13H,5-8H2,1-4H3,(H2,18,19,22)/t11-,13-/m0/s1. The summed E-state index contributed by atoms with van der Waals surface area (Å²) < 4.78 is 10.7. The van der Waals surface area contributed by atoms with Crippen LogP contribution in [0.4, 0.5) is 5.69 Å². The third-order valence-corrected chi connectivity index (χ3v) is 4.63. The molecule has 0 bridgehead atoms. The van der Waals surface area contributed by atoms with Crippen molar-refractivity contribution in [2.75, 3.05) is 19.5 Å². The van der Waals surface area contributed by atoms with E-state index in [0.29, 0.717) is 22.8 Å². The monoisotopic (exact) mass is 322 g/mol. The molecule has 122 valence electrons. The highest BCUT2D eigenvalue weighted by atomic mass is 32.1. The predicted octanol–water partition coefficient (Wildman–Crippen LogP) is 3.88. The first-order valence-electron chi connectivity index (χ1n) is 7.85. The Labute approximate surface area is 138 Å². The molecule has 1 fully saturated rings. The summed E-state index contributed by atoms with van der Waals surface area (Å²) in [6.07, 6.45) is 5.07. The van der Waals surface area contributed by atoms with E-state index in [1.54, 1.807) is 14.2 Å². The van der Waals surface area contributed by atoms with E-state index >= 15 is 0 Å². The van der Waals surface area contributed by atoms with Gasteiger partial charge in [0.05, 0.1) is 14.2 Å². The number of benzene rings is 1. The van der Waals surface area contributed by atoms with Gasteiger partial charge >= 0.3 is 0 Å². The summed E-state index contributed by atoms with van der Waals surface area (Å²) in [5, 5.41) is 7.42. The van der Waals surface area contributed by atoms with E-state index in [2.05, 4.69) is 17.6 Å². The Hall–Kier alpha value is -1.49. The summed E-state index contributed by atoms with van der Waals surface area (Å²) >= 11 is 5.48. The Kier molecular flexibility index (Phi) is 5.89. The Morgan fingerprint density at radius 2 is 1.77 bits per heavy atom. The zero-order valence-electron chi connectivity index (χ0n) is 13.9.